The second-order valence-electron chi connectivity index (χ2n) is 9.67. The van der Waals surface area contributed by atoms with Gasteiger partial charge in [-0.3, -0.25) is 4.79 Å². The highest BCUT2D eigenvalue weighted by Crippen LogP contribution is 2.31. The summed E-state index contributed by atoms with van der Waals surface area (Å²) in [4.78, 5) is 13.1. The van der Waals surface area contributed by atoms with Crippen molar-refractivity contribution in [3.63, 3.8) is 0 Å². The molecule has 0 unspecified atom stereocenters. The Labute approximate surface area is 182 Å². The Morgan fingerprint density at radius 1 is 0.967 bits per heavy atom. The van der Waals surface area contributed by atoms with E-state index < -0.39 is 10.0 Å². The van der Waals surface area contributed by atoms with Gasteiger partial charge in [-0.1, -0.05) is 37.5 Å². The van der Waals surface area contributed by atoms with Crippen LogP contribution in [0.25, 0.3) is 0 Å². The highest BCUT2D eigenvalue weighted by molar-refractivity contribution is 7.89. The Bertz CT molecular complexity index is 834. The summed E-state index contributed by atoms with van der Waals surface area (Å²) in [5.41, 5.74) is 2.65. The first-order valence-corrected chi connectivity index (χ1v) is 13.0. The monoisotopic (exact) mass is 434 g/mol. The molecule has 0 heterocycles. The predicted molar refractivity (Wildman–Crippen MR) is 121 cm³/mol. The normalized spacial score (nSPS) is 27.6. The van der Waals surface area contributed by atoms with Gasteiger partial charge in [0.2, 0.25) is 15.9 Å². The van der Waals surface area contributed by atoms with Crippen molar-refractivity contribution in [1.29, 1.82) is 0 Å². The molecule has 2 aliphatic carbocycles. The summed E-state index contributed by atoms with van der Waals surface area (Å²) in [6, 6.07) is 4.16. The van der Waals surface area contributed by atoms with Crippen LogP contribution in [-0.2, 0) is 14.8 Å². The number of amides is 1. The number of carbonyl (C=O) groups excluding carboxylic acids is 1. The fourth-order valence-electron chi connectivity index (χ4n) is 5.35. The van der Waals surface area contributed by atoms with Gasteiger partial charge in [0.25, 0.3) is 0 Å². The van der Waals surface area contributed by atoms with E-state index in [0.717, 1.165) is 48.8 Å². The van der Waals surface area contributed by atoms with Crippen LogP contribution < -0.4 is 10.0 Å². The van der Waals surface area contributed by atoms with E-state index in [2.05, 4.69) is 17.0 Å². The van der Waals surface area contributed by atoms with Crippen molar-refractivity contribution < 1.29 is 13.2 Å². The molecule has 6 heteroatoms. The molecule has 5 nitrogen and oxygen atoms in total. The quantitative estimate of drug-likeness (QED) is 0.697. The second kappa shape index (κ2) is 9.82. The van der Waals surface area contributed by atoms with E-state index in [9.17, 15) is 13.2 Å². The van der Waals surface area contributed by atoms with Crippen LogP contribution in [0, 0.1) is 38.5 Å². The lowest BCUT2D eigenvalue weighted by atomic mass is 9.80. The van der Waals surface area contributed by atoms with Crippen molar-refractivity contribution in [2.24, 2.45) is 17.8 Å². The smallest absolute Gasteiger partial charge is 0.241 e. The summed E-state index contributed by atoms with van der Waals surface area (Å²) in [5.74, 6) is 1.15. The molecule has 1 aromatic rings. The Kier molecular flexibility index (Phi) is 7.61. The lowest BCUT2D eigenvalue weighted by Gasteiger charge is -2.33. The number of hydrogen-bond acceptors (Lipinski definition) is 3. The molecular weight excluding hydrogens is 396 g/mol. The van der Waals surface area contributed by atoms with Gasteiger partial charge >= 0.3 is 0 Å². The largest absolute Gasteiger partial charge is 0.353 e. The standard InChI is InChI=1S/C24H38N2O3S/c1-16-13-18(3)23(19(4)14-16)30(28,29)25-15-20-9-11-21(12-10-20)24(27)26-22-8-6-5-7-17(22)2/h13-14,17,20-22,25H,5-12,15H2,1-4H3,(H,26,27)/t17-,20?,21?,22+/m0/s1. The molecule has 1 aromatic carbocycles. The number of nitrogens with one attached hydrogen (secondary N) is 2. The van der Waals surface area contributed by atoms with Crippen molar-refractivity contribution in [2.45, 2.75) is 90.0 Å². The molecule has 0 aliphatic heterocycles. The minimum Gasteiger partial charge on any atom is -0.353 e. The molecule has 2 saturated carbocycles. The maximum absolute atomic E-state index is 12.9. The first-order chi connectivity index (χ1) is 14.2. The van der Waals surface area contributed by atoms with Crippen LogP contribution in [0.4, 0.5) is 0 Å². The fraction of sp³-hybridized carbons (Fsp3) is 0.708. The van der Waals surface area contributed by atoms with Crippen molar-refractivity contribution >= 4 is 15.9 Å². The van der Waals surface area contributed by atoms with Gasteiger partial charge in [0.15, 0.2) is 0 Å². The van der Waals surface area contributed by atoms with E-state index in [1.165, 1.54) is 19.3 Å². The van der Waals surface area contributed by atoms with Crippen LogP contribution >= 0.6 is 0 Å². The number of carbonyl (C=O) groups is 1. The van der Waals surface area contributed by atoms with Crippen molar-refractivity contribution in [1.82, 2.24) is 10.0 Å². The zero-order valence-corrected chi connectivity index (χ0v) is 19.8. The molecule has 30 heavy (non-hydrogen) atoms. The van der Waals surface area contributed by atoms with Gasteiger partial charge in [0.1, 0.15) is 0 Å². The topological polar surface area (TPSA) is 75.3 Å². The molecule has 3 rings (SSSR count). The summed E-state index contributed by atoms with van der Waals surface area (Å²) in [5, 5.41) is 3.30. The van der Waals surface area contributed by atoms with Gasteiger partial charge in [-0.15, -0.1) is 0 Å². The van der Waals surface area contributed by atoms with Gasteiger partial charge in [0.05, 0.1) is 4.90 Å². The van der Waals surface area contributed by atoms with Crippen molar-refractivity contribution in [3.8, 4) is 0 Å². The van der Waals surface area contributed by atoms with E-state index in [-0.39, 0.29) is 11.8 Å². The average molecular weight is 435 g/mol. The number of aryl methyl sites for hydroxylation is 3. The third-order valence-electron chi connectivity index (χ3n) is 7.09. The van der Waals surface area contributed by atoms with Crippen LogP contribution in [0.15, 0.2) is 17.0 Å². The van der Waals surface area contributed by atoms with Gasteiger partial charge in [-0.25, -0.2) is 13.1 Å². The summed E-state index contributed by atoms with van der Waals surface area (Å²) < 4.78 is 28.6. The molecule has 2 fully saturated rings. The molecule has 2 N–H and O–H groups in total. The molecule has 0 aromatic heterocycles. The third kappa shape index (κ3) is 5.64. The van der Waals surface area contributed by atoms with Gasteiger partial charge < -0.3 is 5.32 Å². The zero-order chi connectivity index (χ0) is 21.9. The number of rotatable bonds is 6. The Morgan fingerprint density at radius 2 is 1.57 bits per heavy atom. The Hall–Kier alpha value is -1.40. The highest BCUT2D eigenvalue weighted by Gasteiger charge is 2.30. The third-order valence-corrected chi connectivity index (χ3v) is 8.82. The molecule has 2 atom stereocenters. The average Bonchev–Trinajstić information content (AvgIpc) is 2.67. The SMILES string of the molecule is Cc1cc(C)c(S(=O)(=O)NCC2CCC(C(=O)N[C@@H]3CCCC[C@@H]3C)CC2)c(C)c1. The number of sulfonamides is 1. The molecule has 168 valence electrons. The van der Waals surface area contributed by atoms with Gasteiger partial charge in [0, 0.05) is 18.5 Å². The van der Waals surface area contributed by atoms with E-state index >= 15 is 0 Å². The Morgan fingerprint density at radius 3 is 2.17 bits per heavy atom. The molecule has 0 bridgehead atoms. The maximum atomic E-state index is 12.9. The van der Waals surface area contributed by atoms with Crippen molar-refractivity contribution in [2.75, 3.05) is 6.54 Å². The highest BCUT2D eigenvalue weighted by atomic mass is 32.2. The summed E-state index contributed by atoms with van der Waals surface area (Å²) in [7, 11) is -3.52. The van der Waals surface area contributed by atoms with Crippen LogP contribution in [0.5, 0.6) is 0 Å². The first kappa shape index (κ1) is 23.3. The summed E-state index contributed by atoms with van der Waals surface area (Å²) in [6.45, 7) is 8.37. The zero-order valence-electron chi connectivity index (χ0n) is 19.0. The molecule has 2 aliphatic rings. The molecule has 0 radical (unpaired) electrons. The molecule has 0 spiro atoms. The molecule has 0 saturated heterocycles. The van der Waals surface area contributed by atoms with Gasteiger partial charge in [-0.2, -0.15) is 0 Å². The van der Waals surface area contributed by atoms with Crippen LogP contribution in [-0.4, -0.2) is 26.9 Å². The summed E-state index contributed by atoms with van der Waals surface area (Å²) >= 11 is 0. The second-order valence-corrected chi connectivity index (χ2v) is 11.4. The number of benzene rings is 1. The van der Waals surface area contributed by atoms with E-state index in [1.807, 2.05) is 32.9 Å². The summed E-state index contributed by atoms with van der Waals surface area (Å²) in [6.07, 6.45) is 8.28. The Balaban J connectivity index is 1.49. The minimum atomic E-state index is -3.52. The first-order valence-electron chi connectivity index (χ1n) is 11.5. The fourth-order valence-corrected chi connectivity index (χ4v) is 6.92. The number of hydrogen-bond donors (Lipinski definition) is 2. The molecular formula is C24H38N2O3S. The van der Waals surface area contributed by atoms with Crippen LogP contribution in [0.1, 0.15) is 75.0 Å². The van der Waals surface area contributed by atoms with E-state index in [0.29, 0.717) is 29.3 Å². The minimum absolute atomic E-state index is 0.0774. The molecule has 1 amide bonds. The van der Waals surface area contributed by atoms with Crippen molar-refractivity contribution in [3.05, 3.63) is 28.8 Å². The lowest BCUT2D eigenvalue weighted by Crippen LogP contribution is -2.44. The van der Waals surface area contributed by atoms with Crippen LogP contribution in [0.2, 0.25) is 0 Å². The predicted octanol–water partition coefficient (Wildman–Crippen LogP) is 4.39. The van der Waals surface area contributed by atoms with Gasteiger partial charge in [-0.05, 0) is 82.3 Å². The van der Waals surface area contributed by atoms with E-state index in [4.69, 9.17) is 0 Å². The van der Waals surface area contributed by atoms with E-state index in [1.54, 1.807) is 0 Å². The van der Waals surface area contributed by atoms with Crippen LogP contribution in [0.3, 0.4) is 0 Å². The lowest BCUT2D eigenvalue weighted by molar-refractivity contribution is -0.127. The maximum Gasteiger partial charge on any atom is 0.241 e.